The van der Waals surface area contributed by atoms with Crippen LogP contribution in [0, 0.1) is 0 Å². The molecule has 0 fully saturated rings. The zero-order valence-electron chi connectivity index (χ0n) is 9.73. The molecule has 3 heteroatoms. The maximum atomic E-state index is 12.0. The molecule has 1 atom stereocenters. The van der Waals surface area contributed by atoms with Crippen LogP contribution in [0.5, 0.6) is 0 Å². The van der Waals surface area contributed by atoms with Gasteiger partial charge in [0.1, 0.15) is 0 Å². The van der Waals surface area contributed by atoms with Gasteiger partial charge in [0.25, 0.3) is 0 Å². The summed E-state index contributed by atoms with van der Waals surface area (Å²) in [4.78, 5) is 14.9. The van der Waals surface area contributed by atoms with Crippen LogP contribution in [0.25, 0.3) is 0 Å². The minimum absolute atomic E-state index is 0.237. The Bertz CT molecular complexity index is 416. The van der Waals surface area contributed by atoms with Gasteiger partial charge in [0.2, 0.25) is 5.91 Å². The normalized spacial score (nSPS) is 17.2. The summed E-state index contributed by atoms with van der Waals surface area (Å²) in [5.41, 5.74) is 2.40. The summed E-state index contributed by atoms with van der Waals surface area (Å²) in [7, 11) is 0. The first-order valence-corrected chi connectivity index (χ1v) is 6.16. The Labute approximate surface area is 102 Å². The molecule has 1 aromatic rings. The Morgan fingerprint density at radius 3 is 2.88 bits per heavy atom. The molecule has 0 bridgehead atoms. The number of thiol groups is 1. The minimum Gasteiger partial charge on any atom is -0.335 e. The average Bonchev–Trinajstić information content (AvgIpc) is 2.27. The van der Waals surface area contributed by atoms with E-state index in [4.69, 9.17) is 0 Å². The van der Waals surface area contributed by atoms with Crippen molar-refractivity contribution in [3.05, 3.63) is 29.3 Å². The van der Waals surface area contributed by atoms with Gasteiger partial charge in [-0.1, -0.05) is 13.0 Å². The molecule has 0 spiro atoms. The fourth-order valence-electron chi connectivity index (χ4n) is 2.09. The minimum atomic E-state index is 0.237. The van der Waals surface area contributed by atoms with Gasteiger partial charge in [0.15, 0.2) is 0 Å². The largest absolute Gasteiger partial charge is 0.335 e. The zero-order chi connectivity index (χ0) is 11.7. The monoisotopic (exact) mass is 235 g/mol. The van der Waals surface area contributed by atoms with E-state index < -0.39 is 0 Å². The van der Waals surface area contributed by atoms with Crippen molar-refractivity contribution in [3.63, 3.8) is 0 Å². The van der Waals surface area contributed by atoms with Crippen molar-refractivity contribution < 1.29 is 4.79 Å². The summed E-state index contributed by atoms with van der Waals surface area (Å²) in [5.74, 6) is 0.237. The van der Waals surface area contributed by atoms with E-state index in [9.17, 15) is 4.79 Å². The summed E-state index contributed by atoms with van der Waals surface area (Å²) in [6, 6.07) is 6.41. The molecule has 1 aliphatic rings. The molecule has 1 aliphatic heterocycles. The summed E-state index contributed by atoms with van der Waals surface area (Å²) in [6.45, 7) is 4.97. The van der Waals surface area contributed by atoms with Crippen LogP contribution < -0.4 is 0 Å². The molecule has 86 valence electrons. The van der Waals surface area contributed by atoms with Gasteiger partial charge in [-0.15, -0.1) is 12.6 Å². The predicted octanol–water partition coefficient (Wildman–Crippen LogP) is 2.66. The first-order valence-electron chi connectivity index (χ1n) is 5.72. The van der Waals surface area contributed by atoms with Crippen molar-refractivity contribution in [1.29, 1.82) is 0 Å². The second-order valence-electron chi connectivity index (χ2n) is 4.41. The van der Waals surface area contributed by atoms with Crippen molar-refractivity contribution >= 4 is 18.5 Å². The Morgan fingerprint density at radius 2 is 2.19 bits per heavy atom. The topological polar surface area (TPSA) is 20.3 Å². The summed E-state index contributed by atoms with van der Waals surface area (Å²) in [6.07, 6.45) is 1.53. The number of rotatable bonds is 2. The van der Waals surface area contributed by atoms with E-state index in [-0.39, 0.29) is 5.91 Å². The van der Waals surface area contributed by atoms with Crippen LogP contribution in [0.4, 0.5) is 0 Å². The molecule has 2 nitrogen and oxygen atoms in total. The molecular formula is C13H17NOS. The molecule has 0 aliphatic carbocycles. The zero-order valence-corrected chi connectivity index (χ0v) is 10.6. The van der Waals surface area contributed by atoms with Gasteiger partial charge in [0.05, 0.1) is 6.42 Å². The third-order valence-corrected chi connectivity index (χ3v) is 3.59. The number of fused-ring (bicyclic) bond motifs is 1. The van der Waals surface area contributed by atoms with Gasteiger partial charge >= 0.3 is 0 Å². The van der Waals surface area contributed by atoms with Crippen molar-refractivity contribution in [1.82, 2.24) is 4.90 Å². The number of benzene rings is 1. The van der Waals surface area contributed by atoms with Crippen LogP contribution in [-0.2, 0) is 17.8 Å². The van der Waals surface area contributed by atoms with Gasteiger partial charge in [-0.3, -0.25) is 4.79 Å². The summed E-state index contributed by atoms with van der Waals surface area (Å²) in [5, 5.41) is 0. The van der Waals surface area contributed by atoms with Crippen molar-refractivity contribution in [3.8, 4) is 0 Å². The number of hydrogen-bond donors (Lipinski definition) is 1. The van der Waals surface area contributed by atoms with E-state index in [1.807, 2.05) is 17.0 Å². The first-order chi connectivity index (χ1) is 7.61. The first kappa shape index (κ1) is 11.5. The maximum absolute atomic E-state index is 12.0. The molecule has 2 rings (SSSR count). The number of carbonyl (C=O) groups excluding carboxylic acids is 1. The Kier molecular flexibility index (Phi) is 3.24. The summed E-state index contributed by atoms with van der Waals surface area (Å²) < 4.78 is 0. The van der Waals surface area contributed by atoms with Gasteiger partial charge in [-0.05, 0) is 36.6 Å². The third-order valence-electron chi connectivity index (χ3n) is 3.32. The lowest BCUT2D eigenvalue weighted by Crippen LogP contribution is -2.41. The molecule has 1 heterocycles. The van der Waals surface area contributed by atoms with Crippen LogP contribution >= 0.6 is 12.6 Å². The van der Waals surface area contributed by atoms with Crippen LogP contribution in [0.1, 0.15) is 31.4 Å². The van der Waals surface area contributed by atoms with Gasteiger partial charge in [0, 0.05) is 17.5 Å². The number of nitrogens with zero attached hydrogens (tertiary/aromatic N) is 1. The molecule has 1 aromatic carbocycles. The molecule has 0 N–H and O–H groups in total. The SMILES string of the molecule is CCC(C)N1Cc2ccc(S)cc2CC1=O. The summed E-state index contributed by atoms with van der Waals surface area (Å²) >= 11 is 4.30. The van der Waals surface area contributed by atoms with E-state index in [2.05, 4.69) is 32.5 Å². The molecule has 0 saturated carbocycles. The van der Waals surface area contributed by atoms with E-state index in [0.29, 0.717) is 12.5 Å². The van der Waals surface area contributed by atoms with Crippen LogP contribution in [0.2, 0.25) is 0 Å². The predicted molar refractivity (Wildman–Crippen MR) is 67.7 cm³/mol. The second-order valence-corrected chi connectivity index (χ2v) is 4.93. The van der Waals surface area contributed by atoms with Crippen LogP contribution in [0.15, 0.2) is 23.1 Å². The van der Waals surface area contributed by atoms with E-state index in [1.54, 1.807) is 0 Å². The van der Waals surface area contributed by atoms with Gasteiger partial charge < -0.3 is 4.90 Å². The quantitative estimate of drug-likeness (QED) is 0.781. The lowest BCUT2D eigenvalue weighted by Gasteiger charge is -2.33. The smallest absolute Gasteiger partial charge is 0.227 e. The average molecular weight is 235 g/mol. The Morgan fingerprint density at radius 1 is 1.44 bits per heavy atom. The number of hydrogen-bond acceptors (Lipinski definition) is 2. The Balaban J connectivity index is 2.28. The number of carbonyl (C=O) groups is 1. The van der Waals surface area contributed by atoms with Crippen molar-refractivity contribution in [2.75, 3.05) is 0 Å². The van der Waals surface area contributed by atoms with Crippen molar-refractivity contribution in [2.24, 2.45) is 0 Å². The highest BCUT2D eigenvalue weighted by molar-refractivity contribution is 7.80. The molecule has 16 heavy (non-hydrogen) atoms. The molecule has 0 aromatic heterocycles. The fraction of sp³-hybridized carbons (Fsp3) is 0.462. The lowest BCUT2D eigenvalue weighted by atomic mass is 9.98. The second kappa shape index (κ2) is 4.50. The van der Waals surface area contributed by atoms with Crippen LogP contribution in [0.3, 0.4) is 0 Å². The number of amides is 1. The third kappa shape index (κ3) is 2.09. The molecule has 0 radical (unpaired) electrons. The molecule has 0 saturated heterocycles. The lowest BCUT2D eigenvalue weighted by molar-refractivity contribution is -0.134. The highest BCUT2D eigenvalue weighted by Crippen LogP contribution is 2.24. The van der Waals surface area contributed by atoms with E-state index in [0.717, 1.165) is 23.4 Å². The van der Waals surface area contributed by atoms with Crippen molar-refractivity contribution in [2.45, 2.75) is 44.2 Å². The van der Waals surface area contributed by atoms with Gasteiger partial charge in [-0.25, -0.2) is 0 Å². The Hall–Kier alpha value is -0.960. The highest BCUT2D eigenvalue weighted by atomic mass is 32.1. The van der Waals surface area contributed by atoms with E-state index in [1.165, 1.54) is 5.56 Å². The van der Waals surface area contributed by atoms with Crippen LogP contribution in [-0.4, -0.2) is 16.8 Å². The maximum Gasteiger partial charge on any atom is 0.227 e. The van der Waals surface area contributed by atoms with E-state index >= 15 is 0 Å². The fourth-order valence-corrected chi connectivity index (χ4v) is 2.32. The highest BCUT2D eigenvalue weighted by Gasteiger charge is 2.25. The molecular weight excluding hydrogens is 218 g/mol. The molecule has 1 amide bonds. The molecule has 1 unspecified atom stereocenters. The van der Waals surface area contributed by atoms with Gasteiger partial charge in [-0.2, -0.15) is 0 Å². The standard InChI is InChI=1S/C13H17NOS/c1-3-9(2)14-8-10-4-5-12(16)6-11(10)7-13(14)15/h4-6,9,16H,3,7-8H2,1-2H3.